The van der Waals surface area contributed by atoms with Gasteiger partial charge in [0.15, 0.2) is 10.9 Å². The van der Waals surface area contributed by atoms with Gasteiger partial charge in [0, 0.05) is 23.4 Å². The first kappa shape index (κ1) is 17.7. The Kier molecular flexibility index (Phi) is 4.43. The number of carbonyl (C=O) groups excluding carboxylic acids is 1. The molecular weight excluding hydrogens is 367 g/mol. The first-order valence-corrected chi connectivity index (χ1v) is 9.16. The average Bonchev–Trinajstić information content (AvgIpc) is 3.36. The summed E-state index contributed by atoms with van der Waals surface area (Å²) >= 11 is 5.51. The Labute approximate surface area is 161 Å². The van der Waals surface area contributed by atoms with Gasteiger partial charge in [0.25, 0.3) is 5.91 Å². The van der Waals surface area contributed by atoms with Crippen LogP contribution in [0.3, 0.4) is 0 Å². The van der Waals surface area contributed by atoms with Gasteiger partial charge >= 0.3 is 0 Å². The summed E-state index contributed by atoms with van der Waals surface area (Å²) in [5.74, 6) is 0.142. The van der Waals surface area contributed by atoms with E-state index < -0.39 is 11.9 Å². The van der Waals surface area contributed by atoms with E-state index in [-0.39, 0.29) is 11.9 Å². The molecular formula is C19H19FN4O2S. The van der Waals surface area contributed by atoms with E-state index in [1.165, 1.54) is 6.07 Å². The lowest BCUT2D eigenvalue weighted by molar-refractivity contribution is -0.113. The van der Waals surface area contributed by atoms with Crippen molar-refractivity contribution in [1.29, 1.82) is 0 Å². The zero-order valence-corrected chi connectivity index (χ0v) is 15.8. The van der Waals surface area contributed by atoms with Gasteiger partial charge in [0.2, 0.25) is 0 Å². The number of anilines is 1. The maximum absolute atomic E-state index is 14.5. The predicted octanol–water partition coefficient (Wildman–Crippen LogP) is 3.43. The Morgan fingerprint density at radius 1 is 1.37 bits per heavy atom. The number of aryl methyl sites for hydroxylation is 1. The number of thiocarbonyl (C=S) groups is 1. The molecule has 2 heterocycles. The molecule has 1 aromatic heterocycles. The Hall–Kier alpha value is -2.74. The molecule has 4 rings (SSSR count). The molecule has 6 nitrogen and oxygen atoms in total. The Morgan fingerprint density at radius 2 is 2.11 bits per heavy atom. The zero-order valence-electron chi connectivity index (χ0n) is 15.0. The number of aromatic nitrogens is 1. The van der Waals surface area contributed by atoms with E-state index in [4.69, 9.17) is 16.7 Å². The number of carbonyl (C=O) groups is 1. The van der Waals surface area contributed by atoms with E-state index in [1.54, 1.807) is 31.2 Å². The standard InChI is InChI=1S/C19H19FN4O2S/c1-10-9-15(23-26-10)21-18(25)16-11(2)24(12-7-8-12)19(27)22-17(16)13-5-3-4-6-14(13)20/h3-6,9,12,17H,7-8H2,1-2H3,(H,22,27)(H,21,23,25). The second-order valence-corrected chi connectivity index (χ2v) is 7.17. The van der Waals surface area contributed by atoms with E-state index >= 15 is 0 Å². The van der Waals surface area contributed by atoms with Crippen molar-refractivity contribution in [3.8, 4) is 0 Å². The summed E-state index contributed by atoms with van der Waals surface area (Å²) in [4.78, 5) is 15.0. The molecule has 8 heteroatoms. The van der Waals surface area contributed by atoms with Crippen molar-refractivity contribution in [3.63, 3.8) is 0 Å². The quantitative estimate of drug-likeness (QED) is 0.785. The minimum absolute atomic E-state index is 0.281. The molecule has 0 spiro atoms. The summed E-state index contributed by atoms with van der Waals surface area (Å²) in [6, 6.07) is 7.62. The third kappa shape index (κ3) is 3.32. The predicted molar refractivity (Wildman–Crippen MR) is 102 cm³/mol. The summed E-state index contributed by atoms with van der Waals surface area (Å²) < 4.78 is 19.5. The summed E-state index contributed by atoms with van der Waals surface area (Å²) in [7, 11) is 0. The lowest BCUT2D eigenvalue weighted by Crippen LogP contribution is -2.49. The average molecular weight is 386 g/mol. The molecule has 140 valence electrons. The number of hydrogen-bond acceptors (Lipinski definition) is 4. The maximum atomic E-state index is 14.5. The maximum Gasteiger partial charge on any atom is 0.257 e. The molecule has 1 aliphatic carbocycles. The summed E-state index contributed by atoms with van der Waals surface area (Å²) in [5, 5.41) is 10.2. The fraction of sp³-hybridized carbons (Fsp3) is 0.316. The van der Waals surface area contributed by atoms with Crippen LogP contribution in [0.15, 0.2) is 46.1 Å². The van der Waals surface area contributed by atoms with Crippen LogP contribution in [0.1, 0.15) is 37.1 Å². The van der Waals surface area contributed by atoms with Crippen molar-refractivity contribution in [3.05, 3.63) is 58.7 Å². The molecule has 1 fully saturated rings. The van der Waals surface area contributed by atoms with E-state index in [9.17, 15) is 9.18 Å². The fourth-order valence-corrected chi connectivity index (χ4v) is 3.78. The summed E-state index contributed by atoms with van der Waals surface area (Å²) in [5.41, 5.74) is 1.52. The number of nitrogens with zero attached hydrogens (tertiary/aromatic N) is 2. The molecule has 0 bridgehead atoms. The number of hydrogen-bond donors (Lipinski definition) is 2. The van der Waals surface area contributed by atoms with Crippen LogP contribution in [0.4, 0.5) is 10.2 Å². The van der Waals surface area contributed by atoms with Gasteiger partial charge in [-0.2, -0.15) is 0 Å². The van der Waals surface area contributed by atoms with Gasteiger partial charge in [0.1, 0.15) is 11.6 Å². The molecule has 1 saturated carbocycles. The van der Waals surface area contributed by atoms with Crippen molar-refractivity contribution >= 4 is 29.1 Å². The molecule has 1 amide bonds. The van der Waals surface area contributed by atoms with E-state index in [1.807, 2.05) is 11.8 Å². The molecule has 0 saturated heterocycles. The Morgan fingerprint density at radius 3 is 2.74 bits per heavy atom. The van der Waals surface area contributed by atoms with Crippen molar-refractivity contribution < 1.29 is 13.7 Å². The Balaban J connectivity index is 1.76. The number of benzene rings is 1. The Bertz CT molecular complexity index is 951. The van der Waals surface area contributed by atoms with Gasteiger partial charge in [-0.1, -0.05) is 23.4 Å². The lowest BCUT2D eigenvalue weighted by atomic mass is 9.93. The van der Waals surface area contributed by atoms with Crippen molar-refractivity contribution in [2.45, 2.75) is 38.8 Å². The van der Waals surface area contributed by atoms with Crippen molar-refractivity contribution in [2.75, 3.05) is 5.32 Å². The van der Waals surface area contributed by atoms with Crippen molar-refractivity contribution in [1.82, 2.24) is 15.4 Å². The first-order valence-electron chi connectivity index (χ1n) is 8.75. The minimum atomic E-state index is -0.679. The third-order valence-electron chi connectivity index (χ3n) is 4.77. The minimum Gasteiger partial charge on any atom is -0.360 e. The van der Waals surface area contributed by atoms with Crippen LogP contribution < -0.4 is 10.6 Å². The van der Waals surface area contributed by atoms with E-state index in [2.05, 4.69) is 15.8 Å². The van der Waals surface area contributed by atoms with Gasteiger partial charge in [-0.15, -0.1) is 0 Å². The van der Waals surface area contributed by atoms with Crippen LogP contribution in [-0.4, -0.2) is 27.1 Å². The topological polar surface area (TPSA) is 70.4 Å². The van der Waals surface area contributed by atoms with Crippen LogP contribution in [0, 0.1) is 12.7 Å². The highest BCUT2D eigenvalue weighted by Crippen LogP contribution is 2.38. The van der Waals surface area contributed by atoms with Crippen LogP contribution in [-0.2, 0) is 4.79 Å². The van der Waals surface area contributed by atoms with Gasteiger partial charge in [-0.25, -0.2) is 4.39 Å². The van der Waals surface area contributed by atoms with Crippen LogP contribution in [0.25, 0.3) is 0 Å². The van der Waals surface area contributed by atoms with Gasteiger partial charge in [-0.3, -0.25) is 4.79 Å². The first-order chi connectivity index (χ1) is 13.0. The largest absolute Gasteiger partial charge is 0.360 e. The third-order valence-corrected chi connectivity index (χ3v) is 5.08. The monoisotopic (exact) mass is 386 g/mol. The zero-order chi connectivity index (χ0) is 19.1. The van der Waals surface area contributed by atoms with Crippen LogP contribution >= 0.6 is 12.2 Å². The number of nitrogens with one attached hydrogen (secondary N) is 2. The molecule has 2 aromatic rings. The molecule has 1 aromatic carbocycles. The van der Waals surface area contributed by atoms with Crippen LogP contribution in [0.5, 0.6) is 0 Å². The molecule has 1 unspecified atom stereocenters. The second-order valence-electron chi connectivity index (χ2n) is 6.78. The number of allylic oxidation sites excluding steroid dienone is 1. The number of amides is 1. The van der Waals surface area contributed by atoms with Gasteiger partial charge < -0.3 is 20.1 Å². The summed E-state index contributed by atoms with van der Waals surface area (Å²) in [6.45, 7) is 3.59. The molecule has 2 N–H and O–H groups in total. The smallest absolute Gasteiger partial charge is 0.257 e. The van der Waals surface area contributed by atoms with Gasteiger partial charge in [0.05, 0.1) is 11.6 Å². The normalized spacial score (nSPS) is 19.9. The van der Waals surface area contributed by atoms with E-state index in [0.717, 1.165) is 18.5 Å². The van der Waals surface area contributed by atoms with E-state index in [0.29, 0.717) is 27.8 Å². The fourth-order valence-electron chi connectivity index (χ4n) is 3.38. The number of rotatable bonds is 4. The highest BCUT2D eigenvalue weighted by molar-refractivity contribution is 7.80. The highest BCUT2D eigenvalue weighted by Gasteiger charge is 2.41. The summed E-state index contributed by atoms with van der Waals surface area (Å²) in [6.07, 6.45) is 2.03. The second kappa shape index (κ2) is 6.77. The van der Waals surface area contributed by atoms with Crippen LogP contribution in [0.2, 0.25) is 0 Å². The molecule has 27 heavy (non-hydrogen) atoms. The molecule has 1 atom stereocenters. The SMILES string of the molecule is CC1=C(C(=O)Nc2cc(C)on2)C(c2ccccc2F)NC(=S)N1C1CC1. The number of halogens is 1. The molecule has 1 aliphatic heterocycles. The lowest BCUT2D eigenvalue weighted by Gasteiger charge is -2.38. The highest BCUT2D eigenvalue weighted by atomic mass is 32.1. The van der Waals surface area contributed by atoms with Crippen molar-refractivity contribution in [2.24, 2.45) is 0 Å². The molecule has 2 aliphatic rings. The van der Waals surface area contributed by atoms with Gasteiger partial charge in [-0.05, 0) is 45.0 Å². The molecule has 0 radical (unpaired) electrons.